The molecule has 4 aromatic heterocycles. The number of aromatic amines is 1. The van der Waals surface area contributed by atoms with Gasteiger partial charge in [-0.2, -0.15) is 0 Å². The molecule has 222 valence electrons. The van der Waals surface area contributed by atoms with Crippen molar-refractivity contribution in [1.82, 2.24) is 24.8 Å². The van der Waals surface area contributed by atoms with Gasteiger partial charge in [0.25, 0.3) is 5.56 Å². The molecule has 3 N–H and O–H groups in total. The van der Waals surface area contributed by atoms with Crippen LogP contribution in [-0.4, -0.2) is 25.4 Å². The molecular formula is C35H27FN6O3. The maximum absolute atomic E-state index is 14.9. The molecule has 7 aromatic rings. The predicted molar refractivity (Wildman–Crippen MR) is 170 cm³/mol. The van der Waals surface area contributed by atoms with Gasteiger partial charge in [-0.25, -0.2) is 9.37 Å². The summed E-state index contributed by atoms with van der Waals surface area (Å²) in [6.07, 6.45) is 6.48. The van der Waals surface area contributed by atoms with Crippen LogP contribution in [0.15, 0.2) is 107 Å². The van der Waals surface area contributed by atoms with E-state index < -0.39 is 22.8 Å². The number of carbonyl (C=O) groups excluding carboxylic acids is 1. The number of benzene rings is 3. The van der Waals surface area contributed by atoms with Crippen molar-refractivity contribution in [2.24, 2.45) is 0 Å². The van der Waals surface area contributed by atoms with Crippen molar-refractivity contribution in [3.8, 4) is 11.4 Å². The van der Waals surface area contributed by atoms with E-state index in [1.54, 1.807) is 30.6 Å². The molecule has 4 heterocycles. The number of halogens is 1. The summed E-state index contributed by atoms with van der Waals surface area (Å²) in [5.41, 5.74) is 3.77. The molecule has 0 spiro atoms. The van der Waals surface area contributed by atoms with Gasteiger partial charge in [0.05, 0.1) is 23.8 Å². The minimum atomic E-state index is -0.537. The molecule has 0 aliphatic heterocycles. The minimum absolute atomic E-state index is 0.0756. The Bertz CT molecular complexity index is 2280. The fourth-order valence-electron chi connectivity index (χ4n) is 6.00. The number of hydrogen-bond donors (Lipinski definition) is 3. The number of hydrogen-bond acceptors (Lipinski definition) is 6. The molecule has 10 heteroatoms. The second kappa shape index (κ2) is 10.4. The van der Waals surface area contributed by atoms with Crippen molar-refractivity contribution in [2.75, 3.05) is 5.32 Å². The van der Waals surface area contributed by atoms with Crippen LogP contribution in [-0.2, 0) is 23.4 Å². The largest absolute Gasteiger partial charge is 0.456 e. The van der Waals surface area contributed by atoms with Crippen LogP contribution in [0.4, 0.5) is 10.1 Å². The standard InChI is InChI=1S/C35H27FN6O3/c36-27-7-3-1-6-25(27)33-39-19-29(34(44)42(33)20-32(43)38-18-23-15-21-17-37-14-11-28(21)40-23)41-35(12-13-35)22-9-10-31-26(16-22)24-5-2-4-8-30(24)45-31/h1-11,14-17,19,40-41H,12-13,18,20H2,(H,38,43). The van der Waals surface area contributed by atoms with E-state index in [9.17, 15) is 14.0 Å². The highest BCUT2D eigenvalue weighted by Crippen LogP contribution is 2.49. The van der Waals surface area contributed by atoms with E-state index in [0.29, 0.717) is 0 Å². The molecule has 3 aromatic carbocycles. The first-order valence-corrected chi connectivity index (χ1v) is 14.7. The van der Waals surface area contributed by atoms with Crippen LogP contribution in [0.25, 0.3) is 44.2 Å². The Morgan fingerprint density at radius 2 is 1.80 bits per heavy atom. The summed E-state index contributed by atoms with van der Waals surface area (Å²) < 4.78 is 22.2. The van der Waals surface area contributed by atoms with Crippen molar-refractivity contribution < 1.29 is 13.6 Å². The number of nitrogens with zero attached hydrogens (tertiary/aromatic N) is 3. The summed E-state index contributed by atoms with van der Waals surface area (Å²) >= 11 is 0. The number of nitrogens with one attached hydrogen (secondary N) is 3. The van der Waals surface area contributed by atoms with Gasteiger partial charge in [-0.3, -0.25) is 19.1 Å². The van der Waals surface area contributed by atoms with Crippen molar-refractivity contribution in [3.05, 3.63) is 125 Å². The van der Waals surface area contributed by atoms with Crippen LogP contribution in [0.2, 0.25) is 0 Å². The average Bonchev–Trinajstić information content (AvgIpc) is 3.56. The molecule has 9 nitrogen and oxygen atoms in total. The lowest BCUT2D eigenvalue weighted by Gasteiger charge is -2.21. The molecule has 45 heavy (non-hydrogen) atoms. The van der Waals surface area contributed by atoms with Crippen LogP contribution in [0.1, 0.15) is 24.1 Å². The second-order valence-corrected chi connectivity index (χ2v) is 11.4. The average molecular weight is 599 g/mol. The monoisotopic (exact) mass is 598 g/mol. The number of aromatic nitrogens is 4. The van der Waals surface area contributed by atoms with Crippen LogP contribution in [0.3, 0.4) is 0 Å². The fraction of sp³-hybridized carbons (Fsp3) is 0.143. The lowest BCUT2D eigenvalue weighted by atomic mass is 10.0. The highest BCUT2D eigenvalue weighted by molar-refractivity contribution is 6.05. The van der Waals surface area contributed by atoms with E-state index in [1.165, 1.54) is 16.8 Å². The van der Waals surface area contributed by atoms with Crippen molar-refractivity contribution in [1.29, 1.82) is 0 Å². The van der Waals surface area contributed by atoms with Gasteiger partial charge in [-0.05, 0) is 60.9 Å². The highest BCUT2D eigenvalue weighted by Gasteiger charge is 2.45. The quantitative estimate of drug-likeness (QED) is 0.191. The Morgan fingerprint density at radius 1 is 0.978 bits per heavy atom. The van der Waals surface area contributed by atoms with Gasteiger partial charge < -0.3 is 20.0 Å². The Labute approximate surface area is 255 Å². The Balaban J connectivity index is 1.11. The van der Waals surface area contributed by atoms with E-state index in [-0.39, 0.29) is 30.2 Å². The summed E-state index contributed by atoms with van der Waals surface area (Å²) in [7, 11) is 0. The zero-order valence-electron chi connectivity index (χ0n) is 24.0. The van der Waals surface area contributed by atoms with Crippen LogP contribution < -0.4 is 16.2 Å². The molecule has 0 bridgehead atoms. The van der Waals surface area contributed by atoms with Gasteiger partial charge in [-0.15, -0.1) is 0 Å². The Morgan fingerprint density at radius 3 is 2.64 bits per heavy atom. The normalized spacial score (nSPS) is 13.8. The molecule has 0 atom stereocenters. The first-order valence-electron chi connectivity index (χ1n) is 14.7. The molecule has 1 saturated carbocycles. The van der Waals surface area contributed by atoms with Crippen molar-refractivity contribution in [2.45, 2.75) is 31.5 Å². The third kappa shape index (κ3) is 4.80. The minimum Gasteiger partial charge on any atom is -0.456 e. The lowest BCUT2D eigenvalue weighted by molar-refractivity contribution is -0.121. The molecule has 1 aliphatic rings. The molecule has 0 radical (unpaired) electrons. The zero-order chi connectivity index (χ0) is 30.5. The van der Waals surface area contributed by atoms with Gasteiger partial charge in [0.2, 0.25) is 5.91 Å². The first-order chi connectivity index (χ1) is 22.0. The maximum atomic E-state index is 14.9. The number of carbonyl (C=O) groups is 1. The predicted octanol–water partition coefficient (Wildman–Crippen LogP) is 6.24. The number of anilines is 1. The number of furan rings is 1. The Kier molecular flexibility index (Phi) is 6.23. The van der Waals surface area contributed by atoms with E-state index in [1.807, 2.05) is 48.5 Å². The first kappa shape index (κ1) is 26.8. The summed E-state index contributed by atoms with van der Waals surface area (Å²) in [5.74, 6) is -0.874. The summed E-state index contributed by atoms with van der Waals surface area (Å²) in [4.78, 5) is 39.1. The van der Waals surface area contributed by atoms with Crippen LogP contribution >= 0.6 is 0 Å². The molecule has 8 rings (SSSR count). The van der Waals surface area contributed by atoms with Crippen LogP contribution in [0.5, 0.6) is 0 Å². The number of rotatable bonds is 8. The zero-order valence-corrected chi connectivity index (χ0v) is 24.0. The number of fused-ring (bicyclic) bond motifs is 4. The molecule has 1 amide bonds. The Hall–Kier alpha value is -5.77. The number of para-hydroxylation sites is 1. The molecule has 0 unspecified atom stereocenters. The molecule has 1 aliphatic carbocycles. The third-order valence-corrected chi connectivity index (χ3v) is 8.47. The number of amides is 1. The van der Waals surface area contributed by atoms with Crippen LogP contribution in [0, 0.1) is 5.82 Å². The number of pyridine rings is 1. The highest BCUT2D eigenvalue weighted by atomic mass is 19.1. The van der Waals surface area contributed by atoms with E-state index in [0.717, 1.165) is 56.9 Å². The van der Waals surface area contributed by atoms with Crippen molar-refractivity contribution >= 4 is 44.4 Å². The van der Waals surface area contributed by atoms with Crippen molar-refractivity contribution in [3.63, 3.8) is 0 Å². The summed E-state index contributed by atoms with van der Waals surface area (Å²) in [6.45, 7) is -0.121. The van der Waals surface area contributed by atoms with E-state index in [4.69, 9.17) is 4.42 Å². The van der Waals surface area contributed by atoms with Gasteiger partial charge in [-0.1, -0.05) is 36.4 Å². The van der Waals surface area contributed by atoms with Gasteiger partial charge >= 0.3 is 0 Å². The molecular weight excluding hydrogens is 571 g/mol. The maximum Gasteiger partial charge on any atom is 0.277 e. The number of H-pyrrole nitrogens is 1. The van der Waals surface area contributed by atoms with Gasteiger partial charge in [0, 0.05) is 39.8 Å². The molecule has 1 fully saturated rings. The third-order valence-electron chi connectivity index (χ3n) is 8.47. The summed E-state index contributed by atoms with van der Waals surface area (Å²) in [5, 5.41) is 9.26. The summed E-state index contributed by atoms with van der Waals surface area (Å²) in [6, 6.07) is 23.8. The van der Waals surface area contributed by atoms with E-state index >= 15 is 0 Å². The fourth-order valence-corrected chi connectivity index (χ4v) is 6.00. The smallest absolute Gasteiger partial charge is 0.277 e. The van der Waals surface area contributed by atoms with E-state index in [2.05, 4.69) is 31.7 Å². The van der Waals surface area contributed by atoms with Gasteiger partial charge in [0.1, 0.15) is 35.0 Å². The molecule has 0 saturated heterocycles. The second-order valence-electron chi connectivity index (χ2n) is 11.4. The lowest BCUT2D eigenvalue weighted by Crippen LogP contribution is -2.35. The van der Waals surface area contributed by atoms with Gasteiger partial charge in [0.15, 0.2) is 0 Å². The topological polar surface area (TPSA) is 118 Å². The SMILES string of the molecule is O=C(Cn1c(-c2ccccc2F)ncc(NC2(c3ccc4oc5ccccc5c4c3)CC2)c1=O)NCc1cc2cnccc2[nH]1.